The number of esters is 1. The van der Waals surface area contributed by atoms with E-state index in [-0.39, 0.29) is 23.0 Å². The van der Waals surface area contributed by atoms with Crippen molar-refractivity contribution < 1.29 is 22.7 Å². The number of sulfonamides is 1. The number of anilines is 1. The van der Waals surface area contributed by atoms with Gasteiger partial charge in [-0.3, -0.25) is 9.52 Å². The lowest BCUT2D eigenvalue weighted by molar-refractivity contribution is -0.135. The average molecular weight is 431 g/mol. The second-order valence-electron chi connectivity index (χ2n) is 7.47. The highest BCUT2D eigenvalue weighted by Gasteiger charge is 2.22. The van der Waals surface area contributed by atoms with Gasteiger partial charge in [0.2, 0.25) is 0 Å². The summed E-state index contributed by atoms with van der Waals surface area (Å²) in [5.74, 6) is -0.962. The van der Waals surface area contributed by atoms with Crippen LogP contribution in [0.15, 0.2) is 47.4 Å². The molecular weight excluding hydrogens is 404 g/mol. The zero-order valence-electron chi connectivity index (χ0n) is 17.2. The van der Waals surface area contributed by atoms with E-state index in [1.54, 1.807) is 36.1 Å². The number of rotatable bonds is 6. The van der Waals surface area contributed by atoms with Gasteiger partial charge in [0.05, 0.1) is 10.5 Å². The first-order chi connectivity index (χ1) is 14.3. The summed E-state index contributed by atoms with van der Waals surface area (Å²) in [5, 5.41) is 0. The van der Waals surface area contributed by atoms with E-state index in [0.29, 0.717) is 24.3 Å². The van der Waals surface area contributed by atoms with E-state index in [0.717, 1.165) is 24.8 Å². The lowest BCUT2D eigenvalue weighted by atomic mass is 10.1. The molecule has 2 aromatic rings. The van der Waals surface area contributed by atoms with Crippen LogP contribution in [0.25, 0.3) is 0 Å². The van der Waals surface area contributed by atoms with E-state index in [4.69, 9.17) is 4.74 Å². The molecule has 2 aromatic carbocycles. The summed E-state index contributed by atoms with van der Waals surface area (Å²) < 4.78 is 33.4. The van der Waals surface area contributed by atoms with Crippen molar-refractivity contribution in [3.63, 3.8) is 0 Å². The zero-order chi connectivity index (χ0) is 21.7. The second-order valence-corrected chi connectivity index (χ2v) is 9.12. The molecule has 1 aliphatic rings. The fraction of sp³-hybridized carbons (Fsp3) is 0.364. The fourth-order valence-electron chi connectivity index (χ4n) is 3.38. The van der Waals surface area contributed by atoms with Crippen LogP contribution in [0.5, 0.6) is 0 Å². The molecule has 0 unspecified atom stereocenters. The quantitative estimate of drug-likeness (QED) is 0.710. The molecule has 0 aromatic heterocycles. The third kappa shape index (κ3) is 5.38. The van der Waals surface area contributed by atoms with Gasteiger partial charge < -0.3 is 9.64 Å². The van der Waals surface area contributed by atoms with Crippen molar-refractivity contribution in [2.24, 2.45) is 0 Å². The number of nitrogens with zero attached hydrogens (tertiary/aromatic N) is 1. The number of benzene rings is 2. The number of aryl methyl sites for hydroxylation is 2. The monoisotopic (exact) mass is 430 g/mol. The number of nitrogens with one attached hydrogen (secondary N) is 1. The second kappa shape index (κ2) is 9.30. The summed E-state index contributed by atoms with van der Waals surface area (Å²) in [4.78, 5) is 26.3. The summed E-state index contributed by atoms with van der Waals surface area (Å²) in [6.07, 6.45) is 3.00. The largest absolute Gasteiger partial charge is 0.452 e. The Bertz CT molecular complexity index is 1040. The Balaban J connectivity index is 1.72. The zero-order valence-corrected chi connectivity index (χ0v) is 18.0. The molecule has 7 nitrogen and oxygen atoms in total. The summed E-state index contributed by atoms with van der Waals surface area (Å²) >= 11 is 0. The highest BCUT2D eigenvalue weighted by Crippen LogP contribution is 2.22. The molecule has 1 aliphatic heterocycles. The molecule has 0 saturated carbocycles. The molecule has 1 N–H and O–H groups in total. The Kier molecular flexibility index (Phi) is 6.77. The van der Waals surface area contributed by atoms with E-state index in [1.165, 1.54) is 12.1 Å². The first-order valence-corrected chi connectivity index (χ1v) is 11.4. The van der Waals surface area contributed by atoms with Crippen molar-refractivity contribution >= 4 is 27.6 Å². The summed E-state index contributed by atoms with van der Waals surface area (Å²) in [7, 11) is -3.90. The first kappa shape index (κ1) is 21.8. The molecule has 0 aliphatic carbocycles. The SMILES string of the molecule is Cc1cccc(NS(=O)(=O)c2cc(C(=O)OCC(=O)N3CCCCC3)ccc2C)c1. The van der Waals surface area contributed by atoms with Gasteiger partial charge in [-0.1, -0.05) is 18.2 Å². The van der Waals surface area contributed by atoms with Crippen molar-refractivity contribution in [3.05, 3.63) is 59.2 Å². The molecule has 1 heterocycles. The molecule has 0 atom stereocenters. The smallest absolute Gasteiger partial charge is 0.338 e. The van der Waals surface area contributed by atoms with Crippen LogP contribution >= 0.6 is 0 Å². The van der Waals surface area contributed by atoms with Crippen LogP contribution in [-0.4, -0.2) is 44.9 Å². The Morgan fingerprint density at radius 1 is 1.03 bits per heavy atom. The standard InChI is InChI=1S/C22H26N2O5S/c1-16-7-6-8-19(13-16)23-30(27,28)20-14-18(10-9-17(20)2)22(26)29-15-21(25)24-11-4-3-5-12-24/h6-10,13-14,23H,3-5,11-12,15H2,1-2H3. The molecule has 1 amide bonds. The maximum atomic E-state index is 12.9. The highest BCUT2D eigenvalue weighted by molar-refractivity contribution is 7.92. The third-order valence-electron chi connectivity index (χ3n) is 5.02. The molecule has 8 heteroatoms. The minimum absolute atomic E-state index is 0.0131. The van der Waals surface area contributed by atoms with Crippen molar-refractivity contribution in [2.45, 2.75) is 38.0 Å². The summed E-state index contributed by atoms with van der Waals surface area (Å²) in [5.41, 5.74) is 1.94. The van der Waals surface area contributed by atoms with Crippen LogP contribution in [0.3, 0.4) is 0 Å². The Labute approximate surface area is 177 Å². The van der Waals surface area contributed by atoms with Crippen LogP contribution < -0.4 is 4.72 Å². The Morgan fingerprint density at radius 3 is 2.47 bits per heavy atom. The number of piperidine rings is 1. The maximum absolute atomic E-state index is 12.9. The molecule has 3 rings (SSSR count). The van der Waals surface area contributed by atoms with Gasteiger partial charge in [-0.05, 0) is 68.5 Å². The van der Waals surface area contributed by atoms with Crippen LogP contribution in [0, 0.1) is 13.8 Å². The number of amides is 1. The van der Waals surface area contributed by atoms with Gasteiger partial charge in [0, 0.05) is 18.8 Å². The summed E-state index contributed by atoms with van der Waals surface area (Å²) in [6, 6.07) is 11.3. The van der Waals surface area contributed by atoms with Gasteiger partial charge in [0.1, 0.15) is 0 Å². The molecule has 0 radical (unpaired) electrons. The maximum Gasteiger partial charge on any atom is 0.338 e. The van der Waals surface area contributed by atoms with Crippen LogP contribution in [-0.2, 0) is 19.6 Å². The minimum Gasteiger partial charge on any atom is -0.452 e. The molecule has 1 fully saturated rings. The van der Waals surface area contributed by atoms with E-state index < -0.39 is 16.0 Å². The average Bonchev–Trinajstić information content (AvgIpc) is 2.72. The van der Waals surface area contributed by atoms with E-state index in [2.05, 4.69) is 4.72 Å². The van der Waals surface area contributed by atoms with Crippen LogP contribution in [0.4, 0.5) is 5.69 Å². The van der Waals surface area contributed by atoms with Gasteiger partial charge in [0.15, 0.2) is 6.61 Å². The minimum atomic E-state index is -3.90. The van der Waals surface area contributed by atoms with Crippen molar-refractivity contribution in [1.82, 2.24) is 4.90 Å². The number of ether oxygens (including phenoxy) is 1. The van der Waals surface area contributed by atoms with E-state index >= 15 is 0 Å². The number of carbonyl (C=O) groups excluding carboxylic acids is 2. The van der Waals surface area contributed by atoms with Gasteiger partial charge in [0.25, 0.3) is 15.9 Å². The molecular formula is C22H26N2O5S. The van der Waals surface area contributed by atoms with Gasteiger partial charge in [-0.25, -0.2) is 13.2 Å². The predicted octanol–water partition coefficient (Wildman–Crippen LogP) is 3.27. The molecule has 0 bridgehead atoms. The van der Waals surface area contributed by atoms with Gasteiger partial charge in [-0.15, -0.1) is 0 Å². The normalized spacial score (nSPS) is 14.3. The fourth-order valence-corrected chi connectivity index (χ4v) is 4.70. The van der Waals surface area contributed by atoms with E-state index in [9.17, 15) is 18.0 Å². The molecule has 30 heavy (non-hydrogen) atoms. The predicted molar refractivity (Wildman–Crippen MR) is 114 cm³/mol. The highest BCUT2D eigenvalue weighted by atomic mass is 32.2. The van der Waals surface area contributed by atoms with Crippen LogP contribution in [0.2, 0.25) is 0 Å². The summed E-state index contributed by atoms with van der Waals surface area (Å²) in [6.45, 7) is 4.52. The Morgan fingerprint density at radius 2 is 1.77 bits per heavy atom. The molecule has 160 valence electrons. The first-order valence-electron chi connectivity index (χ1n) is 9.91. The number of likely N-dealkylation sites (tertiary alicyclic amines) is 1. The lowest BCUT2D eigenvalue weighted by Crippen LogP contribution is -2.38. The van der Waals surface area contributed by atoms with Gasteiger partial charge in [-0.2, -0.15) is 0 Å². The number of carbonyl (C=O) groups is 2. The lowest BCUT2D eigenvalue weighted by Gasteiger charge is -2.26. The number of hydrogen-bond acceptors (Lipinski definition) is 5. The number of hydrogen-bond donors (Lipinski definition) is 1. The van der Waals surface area contributed by atoms with Crippen LogP contribution in [0.1, 0.15) is 40.7 Å². The molecule has 1 saturated heterocycles. The topological polar surface area (TPSA) is 92.8 Å². The van der Waals surface area contributed by atoms with Crippen molar-refractivity contribution in [1.29, 1.82) is 0 Å². The van der Waals surface area contributed by atoms with Crippen molar-refractivity contribution in [2.75, 3.05) is 24.4 Å². The molecule has 0 spiro atoms. The van der Waals surface area contributed by atoms with Crippen molar-refractivity contribution in [3.8, 4) is 0 Å². The third-order valence-corrected chi connectivity index (χ3v) is 6.54. The van der Waals surface area contributed by atoms with E-state index in [1.807, 2.05) is 13.0 Å². The Hall–Kier alpha value is -2.87. The van der Waals surface area contributed by atoms with Gasteiger partial charge >= 0.3 is 5.97 Å².